The summed E-state index contributed by atoms with van der Waals surface area (Å²) in [4.78, 5) is 6.74. The summed E-state index contributed by atoms with van der Waals surface area (Å²) in [5.41, 5.74) is 1.12. The van der Waals surface area contributed by atoms with Crippen LogP contribution in [0.25, 0.3) is 0 Å². The van der Waals surface area contributed by atoms with E-state index in [2.05, 4.69) is 49.3 Å². The lowest BCUT2D eigenvalue weighted by Gasteiger charge is -2.28. The van der Waals surface area contributed by atoms with Gasteiger partial charge in [-0.2, -0.15) is 11.8 Å². The molecule has 1 heterocycles. The highest BCUT2D eigenvalue weighted by Crippen LogP contribution is 2.26. The van der Waals surface area contributed by atoms with E-state index in [0.717, 1.165) is 35.1 Å². The SMILES string of the molecule is CCC(CSC)N(C)c1ncc(CNC(C)C)cc1Cl. The van der Waals surface area contributed by atoms with E-state index >= 15 is 0 Å². The minimum atomic E-state index is 0.460. The maximum Gasteiger partial charge on any atom is 0.147 e. The molecule has 1 N–H and O–H groups in total. The maximum absolute atomic E-state index is 6.40. The standard InChI is InChI=1S/C15H26ClN3S/c1-6-13(10-20-5)19(4)15-14(16)7-12(9-18-15)8-17-11(2)3/h7,9,11,13,17H,6,8,10H2,1-5H3. The molecule has 1 aromatic heterocycles. The van der Waals surface area contributed by atoms with Crippen LogP contribution in [-0.4, -0.2) is 36.1 Å². The van der Waals surface area contributed by atoms with E-state index in [1.807, 2.05) is 24.0 Å². The van der Waals surface area contributed by atoms with Crippen LogP contribution >= 0.6 is 23.4 Å². The van der Waals surface area contributed by atoms with Crippen molar-refractivity contribution in [1.29, 1.82) is 0 Å². The van der Waals surface area contributed by atoms with Gasteiger partial charge in [-0.05, 0) is 24.3 Å². The molecule has 0 aliphatic heterocycles. The first-order valence-electron chi connectivity index (χ1n) is 7.09. The monoisotopic (exact) mass is 315 g/mol. The fraction of sp³-hybridized carbons (Fsp3) is 0.667. The van der Waals surface area contributed by atoms with Crippen LogP contribution in [0.1, 0.15) is 32.8 Å². The minimum Gasteiger partial charge on any atom is -0.355 e. The number of nitrogens with one attached hydrogen (secondary N) is 1. The molecule has 0 bridgehead atoms. The lowest BCUT2D eigenvalue weighted by molar-refractivity contribution is 0.587. The van der Waals surface area contributed by atoms with E-state index in [4.69, 9.17) is 11.6 Å². The van der Waals surface area contributed by atoms with Crippen molar-refractivity contribution < 1.29 is 0 Å². The molecule has 0 saturated carbocycles. The third kappa shape index (κ3) is 5.15. The average Bonchev–Trinajstić information content (AvgIpc) is 2.42. The fourth-order valence-electron chi connectivity index (χ4n) is 2.02. The van der Waals surface area contributed by atoms with E-state index < -0.39 is 0 Å². The molecule has 0 aromatic carbocycles. The number of rotatable bonds is 8. The maximum atomic E-state index is 6.40. The number of pyridine rings is 1. The summed E-state index contributed by atoms with van der Waals surface area (Å²) < 4.78 is 0. The molecule has 1 aromatic rings. The molecule has 0 fully saturated rings. The van der Waals surface area contributed by atoms with E-state index in [0.29, 0.717) is 12.1 Å². The minimum absolute atomic E-state index is 0.460. The van der Waals surface area contributed by atoms with Crippen molar-refractivity contribution in [1.82, 2.24) is 10.3 Å². The Kier molecular flexibility index (Phi) is 7.70. The zero-order chi connectivity index (χ0) is 15.1. The molecule has 114 valence electrons. The number of nitrogens with zero attached hydrogens (tertiary/aromatic N) is 2. The summed E-state index contributed by atoms with van der Waals surface area (Å²) >= 11 is 8.26. The van der Waals surface area contributed by atoms with Crippen molar-refractivity contribution in [2.24, 2.45) is 0 Å². The van der Waals surface area contributed by atoms with Crippen LogP contribution in [0, 0.1) is 0 Å². The van der Waals surface area contributed by atoms with Gasteiger partial charge in [-0.25, -0.2) is 4.98 Å². The Bertz CT molecular complexity index is 412. The number of halogens is 1. The average molecular weight is 316 g/mol. The molecule has 20 heavy (non-hydrogen) atoms. The molecule has 0 aliphatic carbocycles. The summed E-state index contributed by atoms with van der Waals surface area (Å²) in [5, 5.41) is 4.11. The van der Waals surface area contributed by atoms with Gasteiger partial charge in [-0.1, -0.05) is 32.4 Å². The van der Waals surface area contributed by atoms with Crippen LogP contribution in [0.2, 0.25) is 5.02 Å². The molecule has 0 saturated heterocycles. The lowest BCUT2D eigenvalue weighted by Crippen LogP contribution is -2.34. The summed E-state index contributed by atoms with van der Waals surface area (Å²) in [6.07, 6.45) is 5.14. The first kappa shape index (κ1) is 17.6. The molecule has 1 rings (SSSR count). The predicted octanol–water partition coefficient (Wildman–Crippen LogP) is 3.81. The Balaban J connectivity index is 2.80. The van der Waals surface area contributed by atoms with Crippen molar-refractivity contribution >= 4 is 29.2 Å². The van der Waals surface area contributed by atoms with Gasteiger partial charge in [0, 0.05) is 37.6 Å². The largest absolute Gasteiger partial charge is 0.355 e. The second kappa shape index (κ2) is 8.75. The van der Waals surface area contributed by atoms with Crippen molar-refractivity contribution in [3.8, 4) is 0 Å². The third-order valence-corrected chi connectivity index (χ3v) is 4.30. The Morgan fingerprint density at radius 2 is 2.15 bits per heavy atom. The van der Waals surface area contributed by atoms with Gasteiger partial charge < -0.3 is 10.2 Å². The molecule has 0 radical (unpaired) electrons. The van der Waals surface area contributed by atoms with Crippen LogP contribution in [0.15, 0.2) is 12.3 Å². The van der Waals surface area contributed by atoms with Gasteiger partial charge in [0.2, 0.25) is 0 Å². The van der Waals surface area contributed by atoms with E-state index in [9.17, 15) is 0 Å². The van der Waals surface area contributed by atoms with Crippen molar-refractivity contribution in [3.63, 3.8) is 0 Å². The van der Waals surface area contributed by atoms with Crippen molar-refractivity contribution in [2.75, 3.05) is 24.0 Å². The van der Waals surface area contributed by atoms with E-state index in [-0.39, 0.29) is 0 Å². The van der Waals surface area contributed by atoms with Gasteiger partial charge >= 0.3 is 0 Å². The molecule has 0 spiro atoms. The summed E-state index contributed by atoms with van der Waals surface area (Å²) in [5.74, 6) is 1.96. The Morgan fingerprint density at radius 1 is 1.45 bits per heavy atom. The van der Waals surface area contributed by atoms with Crippen LogP contribution in [-0.2, 0) is 6.54 Å². The van der Waals surface area contributed by atoms with Gasteiger partial charge in [-0.15, -0.1) is 0 Å². The highest BCUT2D eigenvalue weighted by Gasteiger charge is 2.16. The Labute approximate surface area is 132 Å². The highest BCUT2D eigenvalue weighted by atomic mass is 35.5. The number of thioether (sulfide) groups is 1. The smallest absolute Gasteiger partial charge is 0.147 e. The Morgan fingerprint density at radius 3 is 2.65 bits per heavy atom. The van der Waals surface area contributed by atoms with Gasteiger partial charge in [-0.3, -0.25) is 0 Å². The normalized spacial score (nSPS) is 12.8. The van der Waals surface area contributed by atoms with Crippen LogP contribution < -0.4 is 10.2 Å². The quantitative estimate of drug-likeness (QED) is 0.789. The van der Waals surface area contributed by atoms with Crippen LogP contribution in [0.3, 0.4) is 0 Å². The first-order valence-corrected chi connectivity index (χ1v) is 8.86. The topological polar surface area (TPSA) is 28.2 Å². The molecular formula is C15H26ClN3S. The number of hydrogen-bond donors (Lipinski definition) is 1. The number of hydrogen-bond acceptors (Lipinski definition) is 4. The lowest BCUT2D eigenvalue weighted by atomic mass is 10.2. The van der Waals surface area contributed by atoms with E-state index in [1.54, 1.807) is 0 Å². The zero-order valence-corrected chi connectivity index (χ0v) is 14.7. The van der Waals surface area contributed by atoms with Crippen molar-refractivity contribution in [2.45, 2.75) is 45.8 Å². The molecule has 1 atom stereocenters. The van der Waals surface area contributed by atoms with Gasteiger partial charge in [0.25, 0.3) is 0 Å². The van der Waals surface area contributed by atoms with Gasteiger partial charge in [0.05, 0.1) is 5.02 Å². The number of anilines is 1. The predicted molar refractivity (Wildman–Crippen MR) is 92.1 cm³/mol. The van der Waals surface area contributed by atoms with Crippen LogP contribution in [0.4, 0.5) is 5.82 Å². The summed E-state index contributed by atoms with van der Waals surface area (Å²) in [6, 6.07) is 2.94. The molecule has 3 nitrogen and oxygen atoms in total. The number of aromatic nitrogens is 1. The fourth-order valence-corrected chi connectivity index (χ4v) is 3.18. The molecule has 1 unspecified atom stereocenters. The summed E-state index contributed by atoms with van der Waals surface area (Å²) in [6.45, 7) is 7.26. The van der Waals surface area contributed by atoms with Crippen LogP contribution in [0.5, 0.6) is 0 Å². The molecular weight excluding hydrogens is 290 g/mol. The van der Waals surface area contributed by atoms with Crippen molar-refractivity contribution in [3.05, 3.63) is 22.8 Å². The molecule has 5 heteroatoms. The highest BCUT2D eigenvalue weighted by molar-refractivity contribution is 7.98. The second-order valence-electron chi connectivity index (χ2n) is 5.31. The first-order chi connectivity index (χ1) is 9.49. The van der Waals surface area contributed by atoms with Gasteiger partial charge in [0.15, 0.2) is 0 Å². The Hall–Kier alpha value is -0.450. The van der Waals surface area contributed by atoms with E-state index in [1.165, 1.54) is 0 Å². The third-order valence-electron chi connectivity index (χ3n) is 3.30. The van der Waals surface area contributed by atoms with Gasteiger partial charge in [0.1, 0.15) is 5.82 Å². The second-order valence-corrected chi connectivity index (χ2v) is 6.63. The molecule has 0 aliphatic rings. The zero-order valence-electron chi connectivity index (χ0n) is 13.1. The summed E-state index contributed by atoms with van der Waals surface area (Å²) in [7, 11) is 2.07. The molecule has 0 amide bonds.